The Labute approximate surface area is 162 Å². The maximum absolute atomic E-state index is 12.6. The first-order valence-corrected chi connectivity index (χ1v) is 8.80. The van der Waals surface area contributed by atoms with E-state index in [0.29, 0.717) is 30.2 Å². The number of anilines is 1. The van der Waals surface area contributed by atoms with Gasteiger partial charge in [0.15, 0.2) is 0 Å². The van der Waals surface area contributed by atoms with Crippen molar-refractivity contribution in [2.45, 2.75) is 13.5 Å². The van der Waals surface area contributed by atoms with Gasteiger partial charge in [-0.15, -0.1) is 0 Å². The van der Waals surface area contributed by atoms with Gasteiger partial charge >= 0.3 is 0 Å². The van der Waals surface area contributed by atoms with Crippen LogP contribution in [0.3, 0.4) is 0 Å². The van der Waals surface area contributed by atoms with Crippen molar-refractivity contribution in [2.24, 2.45) is 14.1 Å². The smallest absolute Gasteiger partial charge is 0.271 e. The molecule has 0 fully saturated rings. The van der Waals surface area contributed by atoms with Crippen molar-refractivity contribution in [1.82, 2.24) is 24.9 Å². The quantitative estimate of drug-likeness (QED) is 0.648. The van der Waals surface area contributed by atoms with E-state index in [2.05, 4.69) is 20.8 Å². The average Bonchev–Trinajstić information content (AvgIpc) is 3.26. The lowest BCUT2D eigenvalue weighted by atomic mass is 10.2. The molecule has 2 heterocycles. The lowest BCUT2D eigenvalue weighted by molar-refractivity contribution is 0.0942. The summed E-state index contributed by atoms with van der Waals surface area (Å²) >= 11 is 0. The summed E-state index contributed by atoms with van der Waals surface area (Å²) in [4.78, 5) is 25.1. The molecular weight excluding hydrogens is 360 g/mol. The zero-order valence-electron chi connectivity index (χ0n) is 16.0. The minimum atomic E-state index is -0.342. The van der Waals surface area contributed by atoms with Crippen molar-refractivity contribution in [3.05, 3.63) is 59.7 Å². The molecule has 0 aliphatic rings. The minimum Gasteiger partial charge on any atom is -0.494 e. The molecular formula is C19H22N6O3. The Morgan fingerprint density at radius 3 is 2.46 bits per heavy atom. The largest absolute Gasteiger partial charge is 0.494 e. The molecule has 2 N–H and O–H groups in total. The molecule has 2 aromatic heterocycles. The molecule has 0 radical (unpaired) electrons. The number of carbonyl (C=O) groups excluding carboxylic acids is 2. The summed E-state index contributed by atoms with van der Waals surface area (Å²) in [7, 11) is 3.45. The number of aryl methyl sites for hydroxylation is 2. The molecule has 0 atom stereocenters. The third kappa shape index (κ3) is 4.37. The number of nitrogens with zero attached hydrogens (tertiary/aromatic N) is 4. The fourth-order valence-electron chi connectivity index (χ4n) is 2.69. The van der Waals surface area contributed by atoms with E-state index < -0.39 is 0 Å². The van der Waals surface area contributed by atoms with Crippen molar-refractivity contribution in [3.8, 4) is 5.75 Å². The molecule has 2 amide bonds. The van der Waals surface area contributed by atoms with Crippen LogP contribution in [0.4, 0.5) is 5.69 Å². The number of nitrogens with one attached hydrogen (secondary N) is 2. The van der Waals surface area contributed by atoms with Gasteiger partial charge in [-0.3, -0.25) is 19.0 Å². The van der Waals surface area contributed by atoms with E-state index >= 15 is 0 Å². The Morgan fingerprint density at radius 1 is 1.07 bits per heavy atom. The second kappa shape index (κ2) is 8.38. The molecule has 0 unspecified atom stereocenters. The molecule has 0 aliphatic carbocycles. The van der Waals surface area contributed by atoms with Gasteiger partial charge in [-0.2, -0.15) is 10.2 Å². The molecule has 0 bridgehead atoms. The van der Waals surface area contributed by atoms with Gasteiger partial charge in [-0.05, 0) is 31.2 Å². The summed E-state index contributed by atoms with van der Waals surface area (Å²) in [5, 5.41) is 13.7. The molecule has 28 heavy (non-hydrogen) atoms. The number of carbonyl (C=O) groups is 2. The van der Waals surface area contributed by atoms with Crippen molar-refractivity contribution < 1.29 is 14.3 Å². The van der Waals surface area contributed by atoms with E-state index in [1.54, 1.807) is 49.2 Å². The van der Waals surface area contributed by atoms with E-state index in [1.807, 2.05) is 13.1 Å². The maximum Gasteiger partial charge on any atom is 0.271 e. The summed E-state index contributed by atoms with van der Waals surface area (Å²) in [6.45, 7) is 2.77. The van der Waals surface area contributed by atoms with Crippen LogP contribution in [0.15, 0.2) is 42.9 Å². The van der Waals surface area contributed by atoms with Crippen LogP contribution in [0, 0.1) is 0 Å². The fourth-order valence-corrected chi connectivity index (χ4v) is 2.69. The SMILES string of the molecule is CCOc1ccc(C(=O)Nc2cnn(C)c2C(=O)NCc2cnn(C)c2)cc1. The monoisotopic (exact) mass is 382 g/mol. The fraction of sp³-hybridized carbons (Fsp3) is 0.263. The average molecular weight is 382 g/mol. The van der Waals surface area contributed by atoms with Crippen molar-refractivity contribution in [2.75, 3.05) is 11.9 Å². The third-order valence-electron chi connectivity index (χ3n) is 4.04. The molecule has 0 spiro atoms. The van der Waals surface area contributed by atoms with E-state index in [9.17, 15) is 9.59 Å². The molecule has 0 saturated heterocycles. The predicted molar refractivity (Wildman–Crippen MR) is 103 cm³/mol. The van der Waals surface area contributed by atoms with Gasteiger partial charge in [0.2, 0.25) is 0 Å². The zero-order chi connectivity index (χ0) is 20.1. The lowest BCUT2D eigenvalue weighted by Gasteiger charge is -2.09. The van der Waals surface area contributed by atoms with Crippen LogP contribution >= 0.6 is 0 Å². The maximum atomic E-state index is 12.6. The highest BCUT2D eigenvalue weighted by Crippen LogP contribution is 2.17. The number of aromatic nitrogens is 4. The van der Waals surface area contributed by atoms with Gasteiger partial charge in [0.25, 0.3) is 11.8 Å². The van der Waals surface area contributed by atoms with Crippen LogP contribution in [0.25, 0.3) is 0 Å². The number of ether oxygens (including phenoxy) is 1. The first kappa shape index (κ1) is 19.2. The summed E-state index contributed by atoms with van der Waals surface area (Å²) in [5.41, 5.74) is 1.93. The second-order valence-corrected chi connectivity index (χ2v) is 6.15. The van der Waals surface area contributed by atoms with Gasteiger partial charge in [0.05, 0.1) is 24.7 Å². The first-order chi connectivity index (χ1) is 13.5. The molecule has 9 nitrogen and oxygen atoms in total. The lowest BCUT2D eigenvalue weighted by Crippen LogP contribution is -2.26. The van der Waals surface area contributed by atoms with Crippen LogP contribution in [0.1, 0.15) is 33.3 Å². The van der Waals surface area contributed by atoms with E-state index in [1.165, 1.54) is 10.9 Å². The highest BCUT2D eigenvalue weighted by atomic mass is 16.5. The summed E-state index contributed by atoms with van der Waals surface area (Å²) in [6.07, 6.45) is 4.95. The molecule has 1 aromatic carbocycles. The number of rotatable bonds is 7. The first-order valence-electron chi connectivity index (χ1n) is 8.80. The van der Waals surface area contributed by atoms with Crippen molar-refractivity contribution in [1.29, 1.82) is 0 Å². The van der Waals surface area contributed by atoms with Crippen LogP contribution in [-0.4, -0.2) is 38.0 Å². The Bertz CT molecular complexity index is 974. The summed E-state index contributed by atoms with van der Waals surface area (Å²) in [5.74, 6) is 0.0131. The van der Waals surface area contributed by atoms with Gasteiger partial charge in [0, 0.05) is 38.0 Å². The van der Waals surface area contributed by atoms with E-state index in [4.69, 9.17) is 4.74 Å². The van der Waals surface area contributed by atoms with Crippen LogP contribution in [0.5, 0.6) is 5.75 Å². The van der Waals surface area contributed by atoms with Crippen LogP contribution < -0.4 is 15.4 Å². The molecule has 3 aromatic rings. The third-order valence-corrected chi connectivity index (χ3v) is 4.04. The predicted octanol–water partition coefficient (Wildman–Crippen LogP) is 1.73. The molecule has 3 rings (SSSR count). The van der Waals surface area contributed by atoms with Gasteiger partial charge < -0.3 is 15.4 Å². The number of amides is 2. The van der Waals surface area contributed by atoms with Gasteiger partial charge in [-0.1, -0.05) is 0 Å². The van der Waals surface area contributed by atoms with Gasteiger partial charge in [-0.25, -0.2) is 0 Å². The number of hydrogen-bond acceptors (Lipinski definition) is 5. The van der Waals surface area contributed by atoms with Crippen molar-refractivity contribution in [3.63, 3.8) is 0 Å². The highest BCUT2D eigenvalue weighted by Gasteiger charge is 2.19. The Hall–Kier alpha value is -3.62. The van der Waals surface area contributed by atoms with Crippen LogP contribution in [-0.2, 0) is 20.6 Å². The molecule has 9 heteroatoms. The van der Waals surface area contributed by atoms with Crippen molar-refractivity contribution >= 4 is 17.5 Å². The molecule has 0 saturated carbocycles. The minimum absolute atomic E-state index is 0.267. The Kier molecular flexibility index (Phi) is 5.73. The van der Waals surface area contributed by atoms with E-state index in [-0.39, 0.29) is 17.5 Å². The topological polar surface area (TPSA) is 103 Å². The molecule has 0 aliphatic heterocycles. The zero-order valence-corrected chi connectivity index (χ0v) is 16.0. The summed E-state index contributed by atoms with van der Waals surface area (Å²) in [6, 6.07) is 6.78. The number of benzene rings is 1. The second-order valence-electron chi connectivity index (χ2n) is 6.15. The Morgan fingerprint density at radius 2 is 1.82 bits per heavy atom. The van der Waals surface area contributed by atoms with Crippen LogP contribution in [0.2, 0.25) is 0 Å². The highest BCUT2D eigenvalue weighted by molar-refractivity contribution is 6.08. The summed E-state index contributed by atoms with van der Waals surface area (Å²) < 4.78 is 8.46. The molecule has 146 valence electrons. The standard InChI is InChI=1S/C19H22N6O3/c1-4-28-15-7-5-14(6-8-15)18(26)23-16-11-22-25(3)17(16)19(27)20-9-13-10-21-24(2)12-13/h5-8,10-12H,4,9H2,1-3H3,(H,20,27)(H,23,26). The van der Waals surface area contributed by atoms with E-state index in [0.717, 1.165) is 5.56 Å². The normalized spacial score (nSPS) is 10.5. The Balaban J connectivity index is 1.69. The van der Waals surface area contributed by atoms with Gasteiger partial charge in [0.1, 0.15) is 11.4 Å². The number of hydrogen-bond donors (Lipinski definition) is 2.